The van der Waals surface area contributed by atoms with E-state index in [1.807, 2.05) is 18.2 Å². The van der Waals surface area contributed by atoms with Crippen LogP contribution in [0.25, 0.3) is 0 Å². The molecule has 0 unspecified atom stereocenters. The molecule has 164 valence electrons. The Bertz CT molecular complexity index is 1090. The zero-order valence-corrected chi connectivity index (χ0v) is 18.7. The maximum Gasteiger partial charge on any atom is 0.234 e. The molecule has 0 atom stereocenters. The number of anilines is 1. The van der Waals surface area contributed by atoms with E-state index in [1.54, 1.807) is 24.3 Å². The van der Waals surface area contributed by atoms with Gasteiger partial charge in [-0.15, -0.1) is 10.2 Å². The van der Waals surface area contributed by atoms with Crippen LogP contribution in [0, 0.1) is 11.3 Å². The van der Waals surface area contributed by atoms with Crippen LogP contribution in [0.1, 0.15) is 36.2 Å². The number of hydrogen-bond acceptors (Lipinski definition) is 6. The van der Waals surface area contributed by atoms with Crippen molar-refractivity contribution in [3.63, 3.8) is 0 Å². The molecule has 1 N–H and O–H groups in total. The highest BCUT2D eigenvalue weighted by atomic mass is 32.2. The highest BCUT2D eigenvalue weighted by molar-refractivity contribution is 7.99. The summed E-state index contributed by atoms with van der Waals surface area (Å²) in [4.78, 5) is 15.0. The van der Waals surface area contributed by atoms with Crippen molar-refractivity contribution in [3.8, 4) is 6.07 Å². The molecular weight excluding hydrogens is 420 g/mol. The molecule has 3 aromatic rings. The first kappa shape index (κ1) is 22.1. The second kappa shape index (κ2) is 10.9. The highest BCUT2D eigenvalue weighted by Crippen LogP contribution is 2.22. The van der Waals surface area contributed by atoms with E-state index < -0.39 is 0 Å². The number of likely N-dealkylation sites (tertiary alicyclic amines) is 1. The van der Waals surface area contributed by atoms with Gasteiger partial charge in [-0.1, -0.05) is 60.6 Å². The Hall–Kier alpha value is -3.15. The van der Waals surface area contributed by atoms with Gasteiger partial charge in [-0.2, -0.15) is 5.26 Å². The molecule has 0 spiro atoms. The molecule has 1 fully saturated rings. The first-order chi connectivity index (χ1) is 15.7. The van der Waals surface area contributed by atoms with Crippen molar-refractivity contribution < 1.29 is 4.79 Å². The van der Waals surface area contributed by atoms with Crippen LogP contribution >= 0.6 is 11.8 Å². The van der Waals surface area contributed by atoms with Crippen LogP contribution in [0.5, 0.6) is 0 Å². The maximum absolute atomic E-state index is 12.5. The first-order valence-corrected chi connectivity index (χ1v) is 11.8. The van der Waals surface area contributed by atoms with Crippen LogP contribution in [0.2, 0.25) is 0 Å². The van der Waals surface area contributed by atoms with E-state index >= 15 is 0 Å². The fraction of sp³-hybridized carbons (Fsp3) is 0.333. The van der Waals surface area contributed by atoms with Crippen molar-refractivity contribution >= 4 is 23.4 Å². The van der Waals surface area contributed by atoms with Crippen LogP contribution in [0.4, 0.5) is 5.69 Å². The molecule has 0 aliphatic carbocycles. The fourth-order valence-electron chi connectivity index (χ4n) is 3.79. The number of nitrogens with one attached hydrogen (secondary N) is 1. The molecule has 7 nitrogen and oxygen atoms in total. The van der Waals surface area contributed by atoms with Gasteiger partial charge >= 0.3 is 0 Å². The molecule has 4 rings (SSSR count). The number of carbonyl (C=O) groups excluding carboxylic acids is 1. The molecule has 0 radical (unpaired) electrons. The number of piperidine rings is 1. The molecule has 0 bridgehead atoms. The molecule has 0 saturated carbocycles. The Morgan fingerprint density at radius 1 is 1.00 bits per heavy atom. The van der Waals surface area contributed by atoms with Crippen molar-refractivity contribution in [1.82, 2.24) is 19.7 Å². The Labute approximate surface area is 192 Å². The second-order valence-corrected chi connectivity index (χ2v) is 8.74. The van der Waals surface area contributed by atoms with Gasteiger partial charge in [0, 0.05) is 0 Å². The zero-order valence-electron chi connectivity index (χ0n) is 17.9. The number of thioether (sulfide) groups is 1. The number of amides is 1. The Balaban J connectivity index is 1.47. The molecule has 2 aromatic carbocycles. The summed E-state index contributed by atoms with van der Waals surface area (Å²) in [5.74, 6) is 0.939. The van der Waals surface area contributed by atoms with E-state index in [9.17, 15) is 10.1 Å². The number of para-hydroxylation sites is 1. The normalized spacial score (nSPS) is 14.1. The third-order valence-electron chi connectivity index (χ3n) is 5.44. The summed E-state index contributed by atoms with van der Waals surface area (Å²) >= 11 is 1.37. The predicted octanol–water partition coefficient (Wildman–Crippen LogP) is 3.91. The molecule has 1 amide bonds. The van der Waals surface area contributed by atoms with Crippen molar-refractivity contribution in [2.45, 2.75) is 37.5 Å². The van der Waals surface area contributed by atoms with Gasteiger partial charge in [0.2, 0.25) is 5.91 Å². The molecule has 8 heteroatoms. The number of nitriles is 1. The smallest absolute Gasteiger partial charge is 0.234 e. The largest absolute Gasteiger partial charge is 0.324 e. The molecular formula is C24H26N6OS. The summed E-state index contributed by atoms with van der Waals surface area (Å²) in [7, 11) is 0. The second-order valence-electron chi connectivity index (χ2n) is 7.80. The Morgan fingerprint density at radius 3 is 2.53 bits per heavy atom. The zero-order chi connectivity index (χ0) is 22.2. The fourth-order valence-corrected chi connectivity index (χ4v) is 4.55. The van der Waals surface area contributed by atoms with Gasteiger partial charge in [0.25, 0.3) is 0 Å². The van der Waals surface area contributed by atoms with Crippen LogP contribution in [0.15, 0.2) is 59.8 Å². The van der Waals surface area contributed by atoms with Crippen molar-refractivity contribution in [2.75, 3.05) is 24.2 Å². The van der Waals surface area contributed by atoms with Crippen LogP contribution in [-0.4, -0.2) is 44.4 Å². The first-order valence-electron chi connectivity index (χ1n) is 10.8. The van der Waals surface area contributed by atoms with Gasteiger partial charge in [-0.05, 0) is 43.6 Å². The molecule has 2 heterocycles. The number of aromatic nitrogens is 3. The topological polar surface area (TPSA) is 86.8 Å². The van der Waals surface area contributed by atoms with Crippen molar-refractivity contribution in [2.24, 2.45) is 0 Å². The summed E-state index contributed by atoms with van der Waals surface area (Å²) in [5, 5.41) is 21.7. The van der Waals surface area contributed by atoms with Gasteiger partial charge in [-0.25, -0.2) is 0 Å². The summed E-state index contributed by atoms with van der Waals surface area (Å²) < 4.78 is 2.12. The number of carbonyl (C=O) groups is 1. The molecule has 1 aliphatic rings. The summed E-state index contributed by atoms with van der Waals surface area (Å²) in [6.07, 6.45) is 3.73. The standard InChI is InChI=1S/C24H26N6OS/c25-15-20-11-5-6-12-21(20)26-23(31)18-32-24-28-27-22(17-29-13-7-2-8-14-29)30(24)16-19-9-3-1-4-10-19/h1,3-6,9-12H,2,7-8,13-14,16-18H2,(H,26,31). The summed E-state index contributed by atoms with van der Waals surface area (Å²) in [6, 6.07) is 19.3. The lowest BCUT2D eigenvalue weighted by Crippen LogP contribution is -2.30. The average Bonchev–Trinajstić information content (AvgIpc) is 3.20. The maximum atomic E-state index is 12.5. The van der Waals surface area contributed by atoms with Crippen LogP contribution in [-0.2, 0) is 17.9 Å². The van der Waals surface area contributed by atoms with E-state index in [2.05, 4.69) is 43.2 Å². The molecule has 1 aromatic heterocycles. The van der Waals surface area contributed by atoms with Gasteiger partial charge in [0.05, 0.1) is 30.1 Å². The lowest BCUT2D eigenvalue weighted by Gasteiger charge is -2.26. The number of nitrogens with zero attached hydrogens (tertiary/aromatic N) is 5. The van der Waals surface area contributed by atoms with E-state index in [-0.39, 0.29) is 11.7 Å². The minimum atomic E-state index is -0.176. The minimum Gasteiger partial charge on any atom is -0.324 e. The lowest BCUT2D eigenvalue weighted by atomic mass is 10.1. The summed E-state index contributed by atoms with van der Waals surface area (Å²) in [6.45, 7) is 3.60. The highest BCUT2D eigenvalue weighted by Gasteiger charge is 2.19. The van der Waals surface area contributed by atoms with Gasteiger partial charge < -0.3 is 9.88 Å². The van der Waals surface area contributed by atoms with Crippen molar-refractivity contribution in [3.05, 3.63) is 71.5 Å². The lowest BCUT2D eigenvalue weighted by molar-refractivity contribution is -0.113. The summed E-state index contributed by atoms with van der Waals surface area (Å²) in [5.41, 5.74) is 2.14. The number of hydrogen-bond donors (Lipinski definition) is 1. The van der Waals surface area contributed by atoms with Crippen LogP contribution < -0.4 is 5.32 Å². The van der Waals surface area contributed by atoms with E-state index in [0.29, 0.717) is 17.8 Å². The number of rotatable bonds is 8. The van der Waals surface area contributed by atoms with E-state index in [4.69, 9.17) is 0 Å². The predicted molar refractivity (Wildman–Crippen MR) is 125 cm³/mol. The minimum absolute atomic E-state index is 0.176. The molecule has 32 heavy (non-hydrogen) atoms. The van der Waals surface area contributed by atoms with Gasteiger partial charge in [0.15, 0.2) is 5.16 Å². The molecule has 1 saturated heterocycles. The number of benzene rings is 2. The Morgan fingerprint density at radius 2 is 1.75 bits per heavy atom. The van der Waals surface area contributed by atoms with Gasteiger partial charge in [0.1, 0.15) is 11.9 Å². The molecule has 1 aliphatic heterocycles. The average molecular weight is 447 g/mol. The Kier molecular flexibility index (Phi) is 7.54. The SMILES string of the molecule is N#Cc1ccccc1NC(=O)CSc1nnc(CN2CCCCC2)n1Cc1ccccc1. The van der Waals surface area contributed by atoms with Crippen LogP contribution in [0.3, 0.4) is 0 Å². The third-order valence-corrected chi connectivity index (χ3v) is 6.41. The quantitative estimate of drug-likeness (QED) is 0.528. The van der Waals surface area contributed by atoms with E-state index in [1.165, 1.54) is 36.6 Å². The van der Waals surface area contributed by atoms with E-state index in [0.717, 1.165) is 30.6 Å². The van der Waals surface area contributed by atoms with Gasteiger partial charge in [-0.3, -0.25) is 9.69 Å². The third kappa shape index (κ3) is 5.75. The van der Waals surface area contributed by atoms with Crippen molar-refractivity contribution in [1.29, 1.82) is 5.26 Å². The monoisotopic (exact) mass is 446 g/mol.